The van der Waals surface area contributed by atoms with E-state index in [2.05, 4.69) is 29.2 Å². The highest BCUT2D eigenvalue weighted by Gasteiger charge is 2.09. The summed E-state index contributed by atoms with van der Waals surface area (Å²) in [5.74, 6) is 2.57. The van der Waals surface area contributed by atoms with Gasteiger partial charge in [-0.25, -0.2) is 0 Å². The van der Waals surface area contributed by atoms with Crippen molar-refractivity contribution in [2.24, 2.45) is 4.99 Å². The number of halogens is 1. The second kappa shape index (κ2) is 12.3. The summed E-state index contributed by atoms with van der Waals surface area (Å²) >= 11 is 0. The van der Waals surface area contributed by atoms with Crippen LogP contribution in [-0.2, 0) is 0 Å². The number of ether oxygens (including phenoxy) is 2. The number of aliphatic imine (C=N–C) groups is 1. The van der Waals surface area contributed by atoms with Crippen molar-refractivity contribution in [1.82, 2.24) is 10.2 Å². The molecule has 0 aliphatic heterocycles. The molecule has 0 radical (unpaired) electrons. The normalized spacial score (nSPS) is 12.1. The van der Waals surface area contributed by atoms with Crippen molar-refractivity contribution in [3.63, 3.8) is 0 Å². The second-order valence-electron chi connectivity index (χ2n) is 5.31. The van der Waals surface area contributed by atoms with Crippen LogP contribution in [-0.4, -0.2) is 51.3 Å². The van der Waals surface area contributed by atoms with Crippen LogP contribution in [0, 0.1) is 0 Å². The molecule has 0 heterocycles. The number of benzene rings is 1. The number of nitrogens with one attached hydrogen (secondary N) is 1. The lowest BCUT2D eigenvalue weighted by molar-refractivity contribution is 0.222. The number of methoxy groups -OCH3 is 1. The fraction of sp³-hybridized carbons (Fsp3) is 0.588. The fourth-order valence-corrected chi connectivity index (χ4v) is 2.05. The average Bonchev–Trinajstić information content (AvgIpc) is 2.54. The van der Waals surface area contributed by atoms with Crippen LogP contribution in [0.2, 0.25) is 0 Å². The third-order valence-corrected chi connectivity index (χ3v) is 3.36. The van der Waals surface area contributed by atoms with E-state index in [1.54, 1.807) is 14.2 Å². The highest BCUT2D eigenvalue weighted by molar-refractivity contribution is 14.0. The summed E-state index contributed by atoms with van der Waals surface area (Å²) in [5, 5.41) is 3.35. The minimum atomic E-state index is 0. The van der Waals surface area contributed by atoms with Crippen LogP contribution in [0.4, 0.5) is 0 Å². The molecule has 0 saturated heterocycles. The zero-order valence-electron chi connectivity index (χ0n) is 14.8. The quantitative estimate of drug-likeness (QED) is 0.387. The van der Waals surface area contributed by atoms with Gasteiger partial charge in [0, 0.05) is 20.6 Å². The Morgan fingerprint density at radius 1 is 1.26 bits per heavy atom. The van der Waals surface area contributed by atoms with Crippen molar-refractivity contribution in [2.75, 3.05) is 34.3 Å². The Bertz CT molecular complexity index is 452. The fourth-order valence-electron chi connectivity index (χ4n) is 2.05. The highest BCUT2D eigenvalue weighted by Crippen LogP contribution is 2.17. The van der Waals surface area contributed by atoms with Gasteiger partial charge in [-0.3, -0.25) is 4.99 Å². The molecule has 1 unspecified atom stereocenters. The molecule has 0 aromatic heterocycles. The maximum Gasteiger partial charge on any atom is 0.193 e. The Hall–Kier alpha value is -1.18. The summed E-state index contributed by atoms with van der Waals surface area (Å²) in [6.45, 7) is 5.93. The third-order valence-electron chi connectivity index (χ3n) is 3.36. The third kappa shape index (κ3) is 8.29. The van der Waals surface area contributed by atoms with E-state index in [0.29, 0.717) is 6.54 Å². The van der Waals surface area contributed by atoms with E-state index >= 15 is 0 Å². The molecule has 1 N–H and O–H groups in total. The number of guanidine groups is 1. The van der Waals surface area contributed by atoms with Crippen molar-refractivity contribution in [2.45, 2.75) is 32.8 Å². The number of unbranched alkanes of at least 4 members (excludes halogenated alkanes) is 1. The lowest BCUT2D eigenvalue weighted by atomic mass is 10.3. The summed E-state index contributed by atoms with van der Waals surface area (Å²) in [4.78, 5) is 6.44. The van der Waals surface area contributed by atoms with E-state index in [4.69, 9.17) is 9.47 Å². The maximum atomic E-state index is 5.88. The number of hydrogen-bond acceptors (Lipinski definition) is 3. The summed E-state index contributed by atoms with van der Waals surface area (Å²) < 4.78 is 11.0. The van der Waals surface area contributed by atoms with Gasteiger partial charge in [0.25, 0.3) is 0 Å². The van der Waals surface area contributed by atoms with Crippen molar-refractivity contribution in [3.8, 4) is 11.5 Å². The van der Waals surface area contributed by atoms with E-state index in [9.17, 15) is 0 Å². The first kappa shape index (κ1) is 21.8. The van der Waals surface area contributed by atoms with Gasteiger partial charge in [0.15, 0.2) is 5.96 Å². The van der Waals surface area contributed by atoms with Gasteiger partial charge in [-0.05, 0) is 37.6 Å². The van der Waals surface area contributed by atoms with E-state index < -0.39 is 0 Å². The number of hydrogen-bond donors (Lipinski definition) is 1. The summed E-state index contributed by atoms with van der Waals surface area (Å²) in [5.41, 5.74) is 0. The van der Waals surface area contributed by atoms with E-state index in [0.717, 1.165) is 30.4 Å². The van der Waals surface area contributed by atoms with Gasteiger partial charge in [-0.15, -0.1) is 24.0 Å². The van der Waals surface area contributed by atoms with Crippen LogP contribution < -0.4 is 14.8 Å². The average molecular weight is 435 g/mol. The zero-order chi connectivity index (χ0) is 16.4. The predicted molar refractivity (Wildman–Crippen MR) is 107 cm³/mol. The Morgan fingerprint density at radius 3 is 2.39 bits per heavy atom. The van der Waals surface area contributed by atoms with Gasteiger partial charge in [0.1, 0.15) is 17.6 Å². The SMILES string of the molecule is CCCCN(C)C(=NC)NCC(C)Oc1ccc(OC)cc1.I. The summed E-state index contributed by atoms with van der Waals surface area (Å²) in [6.07, 6.45) is 2.39. The molecule has 6 heteroatoms. The standard InChI is InChI=1S/C17H29N3O2.HI/c1-6-7-12-20(4)17(18-3)19-13-14(2)22-16-10-8-15(21-5)9-11-16;/h8-11,14H,6-7,12-13H2,1-5H3,(H,18,19);1H. The maximum absolute atomic E-state index is 5.88. The molecule has 0 saturated carbocycles. The first-order chi connectivity index (χ1) is 10.6. The lowest BCUT2D eigenvalue weighted by Gasteiger charge is -2.23. The van der Waals surface area contributed by atoms with Crippen LogP contribution in [0.15, 0.2) is 29.3 Å². The van der Waals surface area contributed by atoms with Gasteiger partial charge in [-0.1, -0.05) is 13.3 Å². The minimum absolute atomic E-state index is 0. The van der Waals surface area contributed by atoms with Gasteiger partial charge in [0.05, 0.1) is 13.7 Å². The molecule has 0 aliphatic carbocycles. The first-order valence-electron chi connectivity index (χ1n) is 7.83. The number of rotatable bonds is 8. The van der Waals surface area contributed by atoms with Crippen LogP contribution in [0.3, 0.4) is 0 Å². The molecule has 1 rings (SSSR count). The second-order valence-corrected chi connectivity index (χ2v) is 5.31. The van der Waals surface area contributed by atoms with Gasteiger partial charge in [0.2, 0.25) is 0 Å². The van der Waals surface area contributed by atoms with Gasteiger partial charge >= 0.3 is 0 Å². The molecule has 1 aromatic rings. The van der Waals surface area contributed by atoms with Crippen LogP contribution in [0.25, 0.3) is 0 Å². The topological polar surface area (TPSA) is 46.1 Å². The van der Waals surface area contributed by atoms with E-state index in [1.807, 2.05) is 31.2 Å². The Labute approximate surface area is 157 Å². The van der Waals surface area contributed by atoms with Crippen LogP contribution in [0.5, 0.6) is 11.5 Å². The molecule has 1 atom stereocenters. The molecule has 23 heavy (non-hydrogen) atoms. The molecule has 132 valence electrons. The van der Waals surface area contributed by atoms with Gasteiger partial charge < -0.3 is 19.7 Å². The van der Waals surface area contributed by atoms with E-state index in [-0.39, 0.29) is 30.1 Å². The zero-order valence-corrected chi connectivity index (χ0v) is 17.2. The molecule has 0 fully saturated rings. The first-order valence-corrected chi connectivity index (χ1v) is 7.83. The predicted octanol–water partition coefficient (Wildman–Crippen LogP) is 3.39. The Morgan fingerprint density at radius 2 is 1.87 bits per heavy atom. The lowest BCUT2D eigenvalue weighted by Crippen LogP contribution is -2.43. The Kier molecular flexibility index (Phi) is 11.6. The molecule has 0 amide bonds. The minimum Gasteiger partial charge on any atom is -0.497 e. The van der Waals surface area contributed by atoms with Gasteiger partial charge in [-0.2, -0.15) is 0 Å². The largest absolute Gasteiger partial charge is 0.497 e. The molecule has 1 aromatic carbocycles. The van der Waals surface area contributed by atoms with Crippen LogP contribution in [0.1, 0.15) is 26.7 Å². The smallest absolute Gasteiger partial charge is 0.193 e. The van der Waals surface area contributed by atoms with Crippen molar-refractivity contribution < 1.29 is 9.47 Å². The van der Waals surface area contributed by atoms with E-state index in [1.165, 1.54) is 6.42 Å². The van der Waals surface area contributed by atoms with Crippen molar-refractivity contribution in [1.29, 1.82) is 0 Å². The summed E-state index contributed by atoms with van der Waals surface area (Å²) in [6, 6.07) is 7.62. The van der Waals surface area contributed by atoms with Crippen LogP contribution >= 0.6 is 24.0 Å². The Balaban J connectivity index is 0.00000484. The summed E-state index contributed by atoms with van der Waals surface area (Å²) in [7, 11) is 5.52. The molecular weight excluding hydrogens is 405 g/mol. The molecule has 0 aliphatic rings. The molecule has 0 spiro atoms. The van der Waals surface area contributed by atoms with Crippen molar-refractivity contribution >= 4 is 29.9 Å². The monoisotopic (exact) mass is 435 g/mol. The number of nitrogens with zero attached hydrogens (tertiary/aromatic N) is 2. The highest BCUT2D eigenvalue weighted by atomic mass is 127. The molecule has 0 bridgehead atoms. The molecule has 5 nitrogen and oxygen atoms in total. The van der Waals surface area contributed by atoms with Crippen molar-refractivity contribution in [3.05, 3.63) is 24.3 Å². The molecular formula is C17H30IN3O2.